The van der Waals surface area contributed by atoms with Crippen LogP contribution in [0, 0.1) is 0 Å². The Balaban J connectivity index is 2.40. The van der Waals surface area contributed by atoms with Gasteiger partial charge in [0.05, 0.1) is 12.2 Å². The van der Waals surface area contributed by atoms with E-state index < -0.39 is 49.7 Å². The van der Waals surface area contributed by atoms with E-state index >= 15 is 0 Å². The van der Waals surface area contributed by atoms with Gasteiger partial charge in [-0.1, -0.05) is 0 Å². The Labute approximate surface area is 149 Å². The van der Waals surface area contributed by atoms with Crippen molar-refractivity contribution in [1.82, 2.24) is 9.55 Å². The van der Waals surface area contributed by atoms with Gasteiger partial charge in [0.15, 0.2) is 6.23 Å². The molecule has 12 heteroatoms. The molecule has 0 spiro atoms. The van der Waals surface area contributed by atoms with Crippen LogP contribution in [-0.2, 0) is 23.3 Å². The number of phosphoric ester groups is 1. The predicted molar refractivity (Wildman–Crippen MR) is 88.6 cm³/mol. The molecule has 1 fully saturated rings. The topological polar surface area (TPSA) is 149 Å². The first-order valence-corrected chi connectivity index (χ1v) is 9.45. The number of H-pyrrole nitrogens is 1. The molecular formula is C14H23N2O9P. The van der Waals surface area contributed by atoms with Crippen molar-refractivity contribution in [3.63, 3.8) is 0 Å². The van der Waals surface area contributed by atoms with Gasteiger partial charge < -0.3 is 24.0 Å². The molecule has 11 nitrogen and oxygen atoms in total. The quantitative estimate of drug-likeness (QED) is 0.532. The number of nitrogens with one attached hydrogen (secondary N) is 1. The number of aromatic nitrogens is 2. The maximum Gasteiger partial charge on any atom is 0.469 e. The van der Waals surface area contributed by atoms with Crippen LogP contribution in [0.25, 0.3) is 0 Å². The second-order valence-electron chi connectivity index (χ2n) is 6.16. The van der Waals surface area contributed by atoms with Gasteiger partial charge in [0.25, 0.3) is 5.56 Å². The first-order valence-electron chi connectivity index (χ1n) is 7.92. The first kappa shape index (κ1) is 21.0. The van der Waals surface area contributed by atoms with Crippen molar-refractivity contribution in [2.24, 2.45) is 0 Å². The van der Waals surface area contributed by atoms with Crippen molar-refractivity contribution in [1.29, 1.82) is 0 Å². The van der Waals surface area contributed by atoms with Gasteiger partial charge in [0.2, 0.25) is 0 Å². The lowest BCUT2D eigenvalue weighted by atomic mass is 10.1. The van der Waals surface area contributed by atoms with Crippen molar-refractivity contribution < 1.29 is 33.1 Å². The van der Waals surface area contributed by atoms with Crippen LogP contribution in [0.4, 0.5) is 0 Å². The van der Waals surface area contributed by atoms with Gasteiger partial charge in [-0.25, -0.2) is 9.36 Å². The van der Waals surface area contributed by atoms with E-state index in [1.165, 1.54) is 20.2 Å². The van der Waals surface area contributed by atoms with Crippen LogP contribution in [0.3, 0.4) is 0 Å². The van der Waals surface area contributed by atoms with E-state index in [-0.39, 0.29) is 6.10 Å². The molecule has 0 bridgehead atoms. The fourth-order valence-electron chi connectivity index (χ4n) is 2.89. The number of hydrogen-bond donors (Lipinski definition) is 3. The summed E-state index contributed by atoms with van der Waals surface area (Å²) in [6, 6.07) is 1.15. The third-order valence-corrected chi connectivity index (χ3v) is 4.43. The zero-order valence-corrected chi connectivity index (χ0v) is 15.7. The van der Waals surface area contributed by atoms with Crippen LogP contribution in [0.5, 0.6) is 0 Å². The Bertz CT molecular complexity index is 770. The molecule has 5 atom stereocenters. The molecule has 1 saturated heterocycles. The molecule has 0 amide bonds. The number of hydrogen-bond acceptors (Lipinski definition) is 7. The summed E-state index contributed by atoms with van der Waals surface area (Å²) in [5.74, 6) is 0. The van der Waals surface area contributed by atoms with E-state index in [0.29, 0.717) is 0 Å². The van der Waals surface area contributed by atoms with Crippen molar-refractivity contribution in [3.8, 4) is 0 Å². The highest BCUT2D eigenvalue weighted by molar-refractivity contribution is 7.46. The van der Waals surface area contributed by atoms with Crippen molar-refractivity contribution in [3.05, 3.63) is 33.1 Å². The molecule has 148 valence electrons. The van der Waals surface area contributed by atoms with Crippen LogP contribution in [0.1, 0.15) is 27.0 Å². The molecule has 3 N–H and O–H groups in total. The molecule has 1 aromatic heterocycles. The van der Waals surface area contributed by atoms with Crippen molar-refractivity contribution >= 4 is 7.82 Å². The normalized spacial score (nSPS) is 27.8. The third kappa shape index (κ3) is 4.89. The van der Waals surface area contributed by atoms with E-state index in [1.807, 2.05) is 0 Å². The minimum Gasteiger partial charge on any atom is -0.374 e. The van der Waals surface area contributed by atoms with E-state index in [0.717, 1.165) is 10.6 Å². The van der Waals surface area contributed by atoms with E-state index in [9.17, 15) is 14.2 Å². The smallest absolute Gasteiger partial charge is 0.374 e. The lowest BCUT2D eigenvalue weighted by molar-refractivity contribution is -0.101. The lowest BCUT2D eigenvalue weighted by Crippen LogP contribution is -2.43. The number of ether oxygens (including phenoxy) is 3. The minimum absolute atomic E-state index is 0.253. The minimum atomic E-state index is -4.76. The van der Waals surface area contributed by atoms with Crippen LogP contribution in [0.15, 0.2) is 21.9 Å². The summed E-state index contributed by atoms with van der Waals surface area (Å²) in [6.45, 7) is 4.97. The fourth-order valence-corrected chi connectivity index (χ4v) is 3.44. The molecule has 0 aromatic carbocycles. The second kappa shape index (κ2) is 8.13. The highest BCUT2D eigenvalue weighted by atomic mass is 31.2. The number of nitrogens with zero attached hydrogens (tertiary/aromatic N) is 1. The zero-order valence-electron chi connectivity index (χ0n) is 14.8. The predicted octanol–water partition coefficient (Wildman–Crippen LogP) is -0.260. The van der Waals surface area contributed by atoms with Gasteiger partial charge in [0, 0.05) is 19.4 Å². The van der Waals surface area contributed by atoms with Crippen molar-refractivity contribution in [2.75, 3.05) is 7.11 Å². The Morgan fingerprint density at radius 2 is 1.92 bits per heavy atom. The van der Waals surface area contributed by atoms with Gasteiger partial charge in [0.1, 0.15) is 18.3 Å². The molecule has 1 aliphatic rings. The summed E-state index contributed by atoms with van der Waals surface area (Å²) in [6.07, 6.45) is -3.53. The van der Waals surface area contributed by atoms with Gasteiger partial charge >= 0.3 is 13.5 Å². The Kier molecular flexibility index (Phi) is 6.56. The van der Waals surface area contributed by atoms with Crippen LogP contribution < -0.4 is 11.2 Å². The lowest BCUT2D eigenvalue weighted by Gasteiger charge is -2.28. The highest BCUT2D eigenvalue weighted by Crippen LogP contribution is 2.42. The van der Waals surface area contributed by atoms with Crippen molar-refractivity contribution in [2.45, 2.75) is 57.5 Å². The Morgan fingerprint density at radius 3 is 2.42 bits per heavy atom. The Morgan fingerprint density at radius 1 is 1.27 bits per heavy atom. The highest BCUT2D eigenvalue weighted by Gasteiger charge is 2.50. The average Bonchev–Trinajstić information content (AvgIpc) is 2.83. The van der Waals surface area contributed by atoms with Crippen LogP contribution >= 0.6 is 7.82 Å². The molecule has 2 unspecified atom stereocenters. The van der Waals surface area contributed by atoms with E-state index in [4.69, 9.17) is 28.5 Å². The largest absolute Gasteiger partial charge is 0.469 e. The number of methoxy groups -OCH3 is 1. The molecule has 1 aliphatic heterocycles. The number of aromatic amines is 1. The molecule has 2 rings (SSSR count). The molecule has 2 heterocycles. The number of phosphoric acid groups is 1. The molecule has 0 saturated carbocycles. The summed E-state index contributed by atoms with van der Waals surface area (Å²) >= 11 is 0. The van der Waals surface area contributed by atoms with Gasteiger partial charge in [-0.05, 0) is 20.8 Å². The second-order valence-corrected chi connectivity index (χ2v) is 7.35. The van der Waals surface area contributed by atoms with Crippen LogP contribution in [-0.4, -0.2) is 57.0 Å². The maximum absolute atomic E-state index is 12.1. The SMILES string of the molecule is CO[C@H]1C(OC(C)C)[C@@H](C(C)OP(=O)(O)O)O[C@H]1n1ccc(=O)[nH]c1=O. The summed E-state index contributed by atoms with van der Waals surface area (Å²) in [4.78, 5) is 43.6. The summed E-state index contributed by atoms with van der Waals surface area (Å²) in [5.41, 5.74) is -1.28. The summed E-state index contributed by atoms with van der Waals surface area (Å²) in [7, 11) is -3.37. The standard InChI is InChI=1S/C14H23N2O9P/c1-7(2)23-11-10(8(3)25-26(19,20)21)24-13(12(11)22-4)16-6-5-9(17)15-14(16)18/h5-8,10-13H,1-4H3,(H,15,17,18)(H2,19,20,21)/t8?,10-,11?,12+,13-/m1/s1. The fraction of sp³-hybridized carbons (Fsp3) is 0.714. The summed E-state index contributed by atoms with van der Waals surface area (Å²) < 4.78 is 34.1. The zero-order chi connectivity index (χ0) is 19.6. The summed E-state index contributed by atoms with van der Waals surface area (Å²) in [5, 5.41) is 0. The van der Waals surface area contributed by atoms with E-state index in [1.54, 1.807) is 13.8 Å². The Hall–Kier alpha value is -1.33. The van der Waals surface area contributed by atoms with Gasteiger partial charge in [-0.2, -0.15) is 0 Å². The monoisotopic (exact) mass is 394 g/mol. The van der Waals surface area contributed by atoms with Crippen LogP contribution in [0.2, 0.25) is 0 Å². The molecular weight excluding hydrogens is 371 g/mol. The molecule has 26 heavy (non-hydrogen) atoms. The molecule has 0 radical (unpaired) electrons. The van der Waals surface area contributed by atoms with Gasteiger partial charge in [-0.15, -0.1) is 0 Å². The van der Waals surface area contributed by atoms with E-state index in [2.05, 4.69) is 4.98 Å². The third-order valence-electron chi connectivity index (χ3n) is 3.82. The maximum atomic E-state index is 12.1. The average molecular weight is 394 g/mol. The molecule has 0 aliphatic carbocycles. The number of rotatable bonds is 7. The molecule has 1 aromatic rings. The van der Waals surface area contributed by atoms with Gasteiger partial charge in [-0.3, -0.25) is 18.9 Å². The first-order chi connectivity index (χ1) is 12.0.